The molecule has 0 saturated carbocycles. The molecule has 0 rings (SSSR count). The maximum atomic E-state index is 6.94. The summed E-state index contributed by atoms with van der Waals surface area (Å²) in [4.78, 5) is -1.50. The van der Waals surface area contributed by atoms with Crippen molar-refractivity contribution in [2.24, 2.45) is 5.73 Å². The number of rotatable bonds is 13. The lowest BCUT2D eigenvalue weighted by Gasteiger charge is -2.51. The lowest BCUT2D eigenvalue weighted by atomic mass is 10.5. The predicted octanol–water partition coefficient (Wildman–Crippen LogP) is -0.213. The van der Waals surface area contributed by atoms with E-state index in [4.69, 9.17) is 45.6 Å². The molecule has 0 amide bonds. The molecule has 0 spiro atoms. The third-order valence-corrected chi connectivity index (χ3v) is 16.4. The van der Waals surface area contributed by atoms with Crippen molar-refractivity contribution in [1.29, 1.82) is 0 Å². The van der Waals surface area contributed by atoms with Crippen LogP contribution in [0, 0.1) is 0 Å². The van der Waals surface area contributed by atoms with Gasteiger partial charge in [0.05, 0.1) is 5.54 Å². The van der Waals surface area contributed by atoms with Crippen molar-refractivity contribution < 1.29 is 39.8 Å². The molecule has 1 atom stereocenters. The fourth-order valence-electron chi connectivity index (χ4n) is 3.29. The van der Waals surface area contributed by atoms with Crippen molar-refractivity contribution in [2.75, 3.05) is 64.0 Å². The van der Waals surface area contributed by atoms with Crippen LogP contribution < -0.4 is 5.73 Å². The molecular formula is C12H33NO9Si3. The molecular weight excluding hydrogens is 386 g/mol. The minimum Gasteiger partial charge on any atom is -0.377 e. The molecule has 0 aliphatic rings. The van der Waals surface area contributed by atoms with E-state index in [1.807, 2.05) is 0 Å². The molecule has 0 aromatic rings. The Kier molecular flexibility index (Phi) is 10.1. The predicted molar refractivity (Wildman–Crippen MR) is 96.7 cm³/mol. The Hall–Kier alpha value is 0.251. The van der Waals surface area contributed by atoms with Crippen molar-refractivity contribution in [3.8, 4) is 0 Å². The van der Waals surface area contributed by atoms with Gasteiger partial charge >= 0.3 is 26.4 Å². The number of nitrogens with two attached hydrogens (primary N) is 1. The second-order valence-electron chi connectivity index (χ2n) is 5.14. The van der Waals surface area contributed by atoms with E-state index in [9.17, 15) is 0 Å². The molecule has 2 N–H and O–H groups in total. The zero-order valence-electron chi connectivity index (χ0n) is 16.8. The van der Waals surface area contributed by atoms with Crippen LogP contribution in [-0.4, -0.2) is 95.2 Å². The average Bonchev–Trinajstić information content (AvgIpc) is 2.67. The summed E-state index contributed by atoms with van der Waals surface area (Å²) >= 11 is 0. The second kappa shape index (κ2) is 9.98. The van der Waals surface area contributed by atoms with Crippen LogP contribution in [0.2, 0.25) is 5.54 Å². The minimum absolute atomic E-state index is 0.627. The van der Waals surface area contributed by atoms with Crippen molar-refractivity contribution in [2.45, 2.75) is 17.3 Å². The normalized spacial score (nSPS) is 15.5. The van der Waals surface area contributed by atoms with Gasteiger partial charge in [0.25, 0.3) is 0 Å². The highest BCUT2D eigenvalue weighted by Gasteiger charge is 2.80. The summed E-state index contributed by atoms with van der Waals surface area (Å²) in [5.74, 6) is 0. The van der Waals surface area contributed by atoms with Gasteiger partial charge in [-0.05, 0) is 0 Å². The molecule has 0 aromatic carbocycles. The third-order valence-electron chi connectivity index (χ3n) is 4.69. The SMILES string of the molecule is CO[Si](OC)(OC)C(C)C(N)([Si](OC)(OC)OC)[Si](OC)(OC)OC. The van der Waals surface area contributed by atoms with E-state index in [1.165, 1.54) is 64.0 Å². The molecule has 0 radical (unpaired) electrons. The van der Waals surface area contributed by atoms with Gasteiger partial charge in [-0.15, -0.1) is 0 Å². The van der Waals surface area contributed by atoms with Crippen LogP contribution >= 0.6 is 0 Å². The van der Waals surface area contributed by atoms with E-state index in [2.05, 4.69) is 0 Å². The van der Waals surface area contributed by atoms with Gasteiger partial charge in [0, 0.05) is 64.0 Å². The Morgan fingerprint density at radius 2 is 0.800 bits per heavy atom. The van der Waals surface area contributed by atoms with Crippen LogP contribution in [0.1, 0.15) is 6.92 Å². The van der Waals surface area contributed by atoms with Crippen molar-refractivity contribution >= 4 is 26.4 Å². The van der Waals surface area contributed by atoms with Gasteiger partial charge in [0.2, 0.25) is 0 Å². The average molecular weight is 420 g/mol. The molecule has 0 saturated heterocycles. The minimum atomic E-state index is -3.63. The standard InChI is InChI=1S/C12H33NO9Si3/c1-11(23(14-2,15-3)16-4)12(13,24(17-5,18-6)19-7)25(20-8,21-9)22-10/h11H,13H2,1-10H3. The highest BCUT2D eigenvalue weighted by molar-refractivity contribution is 6.88. The highest BCUT2D eigenvalue weighted by Crippen LogP contribution is 2.45. The van der Waals surface area contributed by atoms with Crippen molar-refractivity contribution in [3.05, 3.63) is 0 Å². The van der Waals surface area contributed by atoms with Crippen LogP contribution in [0.15, 0.2) is 0 Å². The van der Waals surface area contributed by atoms with E-state index in [-0.39, 0.29) is 0 Å². The smallest absolute Gasteiger partial charge is 0.377 e. The lowest BCUT2D eigenvalue weighted by molar-refractivity contribution is 0.0408. The molecule has 10 nitrogen and oxygen atoms in total. The van der Waals surface area contributed by atoms with Gasteiger partial charge in [-0.2, -0.15) is 0 Å². The summed E-state index contributed by atoms with van der Waals surface area (Å²) in [5, 5.41) is 0. The Morgan fingerprint density at radius 1 is 0.560 bits per heavy atom. The summed E-state index contributed by atoms with van der Waals surface area (Å²) in [6, 6.07) is 0. The quantitative estimate of drug-likeness (QED) is 0.403. The second-order valence-corrected chi connectivity index (χ2v) is 15.3. The van der Waals surface area contributed by atoms with E-state index >= 15 is 0 Å². The van der Waals surface area contributed by atoms with Gasteiger partial charge in [-0.3, -0.25) is 0 Å². The molecule has 0 fully saturated rings. The van der Waals surface area contributed by atoms with Crippen LogP contribution in [0.25, 0.3) is 0 Å². The molecule has 0 aromatic heterocycles. The van der Waals surface area contributed by atoms with Crippen LogP contribution in [0.3, 0.4) is 0 Å². The van der Waals surface area contributed by atoms with Gasteiger partial charge in [0.15, 0.2) is 4.79 Å². The zero-order chi connectivity index (χ0) is 19.9. The first kappa shape index (κ1) is 25.3. The molecule has 25 heavy (non-hydrogen) atoms. The summed E-state index contributed by atoms with van der Waals surface area (Å²) in [5.41, 5.74) is 6.32. The molecule has 0 aliphatic heterocycles. The van der Waals surface area contributed by atoms with Gasteiger partial charge < -0.3 is 45.6 Å². The maximum absolute atomic E-state index is 6.94. The van der Waals surface area contributed by atoms with E-state index in [1.54, 1.807) is 6.92 Å². The molecule has 0 aliphatic carbocycles. The first-order valence-electron chi connectivity index (χ1n) is 7.45. The molecule has 152 valence electrons. The number of hydrogen-bond acceptors (Lipinski definition) is 10. The van der Waals surface area contributed by atoms with Crippen molar-refractivity contribution in [1.82, 2.24) is 0 Å². The maximum Gasteiger partial charge on any atom is 0.526 e. The molecule has 0 bridgehead atoms. The Labute approximate surface area is 153 Å². The largest absolute Gasteiger partial charge is 0.526 e. The van der Waals surface area contributed by atoms with E-state index in [0.29, 0.717) is 0 Å². The zero-order valence-corrected chi connectivity index (χ0v) is 19.8. The topological polar surface area (TPSA) is 109 Å². The summed E-state index contributed by atoms with van der Waals surface area (Å²) in [7, 11) is 2.58. The number of hydrogen-bond donors (Lipinski definition) is 1. The molecule has 13 heteroatoms. The van der Waals surface area contributed by atoms with Crippen LogP contribution in [0.5, 0.6) is 0 Å². The fraction of sp³-hybridized carbons (Fsp3) is 1.00. The van der Waals surface area contributed by atoms with Gasteiger partial charge in [-0.1, -0.05) is 6.92 Å². The van der Waals surface area contributed by atoms with E-state index in [0.717, 1.165) is 0 Å². The third kappa shape index (κ3) is 3.66. The van der Waals surface area contributed by atoms with Crippen molar-refractivity contribution in [3.63, 3.8) is 0 Å². The Balaban J connectivity index is 6.83. The van der Waals surface area contributed by atoms with Crippen LogP contribution in [-0.2, 0) is 39.8 Å². The highest BCUT2D eigenvalue weighted by atomic mass is 28.5. The van der Waals surface area contributed by atoms with Gasteiger partial charge in [0.1, 0.15) is 0 Å². The Morgan fingerprint density at radius 3 is 0.960 bits per heavy atom. The molecule has 0 heterocycles. The first-order chi connectivity index (χ1) is 11.7. The molecule has 1 unspecified atom stereocenters. The summed E-state index contributed by atoms with van der Waals surface area (Å²) in [6.07, 6.45) is 0. The van der Waals surface area contributed by atoms with Gasteiger partial charge in [-0.25, -0.2) is 0 Å². The summed E-state index contributed by atoms with van der Waals surface area (Å²) < 4.78 is 51.0. The Bertz CT molecular complexity index is 347. The lowest BCUT2D eigenvalue weighted by Crippen LogP contribution is -2.86. The fourth-order valence-corrected chi connectivity index (χ4v) is 15.0. The van der Waals surface area contributed by atoms with Crippen LogP contribution in [0.4, 0.5) is 0 Å². The monoisotopic (exact) mass is 419 g/mol. The first-order valence-corrected chi connectivity index (χ1v) is 12.7. The van der Waals surface area contributed by atoms with E-state index < -0.39 is 36.7 Å². The summed E-state index contributed by atoms with van der Waals surface area (Å²) in [6.45, 7) is 1.79.